The molecule has 0 saturated heterocycles. The number of halogens is 1. The van der Waals surface area contributed by atoms with Crippen LogP contribution in [0.25, 0.3) is 5.65 Å². The highest BCUT2D eigenvalue weighted by molar-refractivity contribution is 6.33. The van der Waals surface area contributed by atoms with E-state index in [1.807, 2.05) is 28.8 Å². The lowest BCUT2D eigenvalue weighted by molar-refractivity contribution is 0.747. The van der Waals surface area contributed by atoms with E-state index in [1.165, 1.54) is 5.56 Å². The molecule has 1 unspecified atom stereocenters. The molecular weight excluding hydrogens is 270 g/mol. The second-order valence-corrected chi connectivity index (χ2v) is 5.42. The highest BCUT2D eigenvalue weighted by Gasteiger charge is 2.15. The molecule has 0 spiro atoms. The summed E-state index contributed by atoms with van der Waals surface area (Å²) in [6, 6.07) is 14.1. The first-order valence-corrected chi connectivity index (χ1v) is 7.00. The Kier molecular flexibility index (Phi) is 3.36. The average molecular weight is 286 g/mol. The predicted molar refractivity (Wildman–Crippen MR) is 83.2 cm³/mol. The monoisotopic (exact) mass is 285 g/mol. The molecule has 3 aromatic rings. The summed E-state index contributed by atoms with van der Waals surface area (Å²) in [6.07, 6.45) is 2.69. The van der Waals surface area contributed by atoms with Crippen molar-refractivity contribution in [1.82, 2.24) is 9.38 Å². The zero-order chi connectivity index (χ0) is 14.1. The van der Waals surface area contributed by atoms with Gasteiger partial charge in [0.15, 0.2) is 5.65 Å². The fraction of sp³-hybridized carbons (Fsp3) is 0.188. The highest BCUT2D eigenvalue weighted by atomic mass is 35.5. The summed E-state index contributed by atoms with van der Waals surface area (Å²) in [5.41, 5.74) is 9.08. The van der Waals surface area contributed by atoms with Crippen LogP contribution in [0.2, 0.25) is 5.02 Å². The summed E-state index contributed by atoms with van der Waals surface area (Å²) in [5.74, 6) is 1.03. The van der Waals surface area contributed by atoms with Crippen LogP contribution < -0.4 is 5.73 Å². The van der Waals surface area contributed by atoms with Crippen molar-refractivity contribution in [2.75, 3.05) is 5.73 Å². The fourth-order valence-corrected chi connectivity index (χ4v) is 2.65. The van der Waals surface area contributed by atoms with E-state index in [-0.39, 0.29) is 0 Å². The topological polar surface area (TPSA) is 43.3 Å². The van der Waals surface area contributed by atoms with Crippen LogP contribution in [0.4, 0.5) is 5.82 Å². The fourth-order valence-electron chi connectivity index (χ4n) is 2.44. The highest BCUT2D eigenvalue weighted by Crippen LogP contribution is 2.26. The van der Waals surface area contributed by atoms with Crippen LogP contribution in [0.1, 0.15) is 24.1 Å². The Balaban J connectivity index is 1.95. The van der Waals surface area contributed by atoms with Crippen molar-refractivity contribution in [3.05, 3.63) is 64.9 Å². The molecular formula is C16H16ClN3. The van der Waals surface area contributed by atoms with Crippen LogP contribution in [-0.2, 0) is 6.42 Å². The van der Waals surface area contributed by atoms with Crippen molar-refractivity contribution in [2.24, 2.45) is 0 Å². The van der Waals surface area contributed by atoms with Gasteiger partial charge in [0.25, 0.3) is 0 Å². The second-order valence-electron chi connectivity index (χ2n) is 5.01. The number of hydrogen-bond acceptors (Lipinski definition) is 2. The molecule has 2 heterocycles. The number of imidazole rings is 1. The maximum absolute atomic E-state index is 6.18. The zero-order valence-electron chi connectivity index (χ0n) is 11.3. The van der Waals surface area contributed by atoms with E-state index < -0.39 is 0 Å². The van der Waals surface area contributed by atoms with Gasteiger partial charge in [-0.25, -0.2) is 4.98 Å². The Morgan fingerprint density at radius 1 is 1.20 bits per heavy atom. The first kappa shape index (κ1) is 13.0. The molecule has 3 nitrogen and oxygen atoms in total. The van der Waals surface area contributed by atoms with E-state index in [0.717, 1.165) is 17.8 Å². The molecule has 0 aliphatic carbocycles. The van der Waals surface area contributed by atoms with Gasteiger partial charge in [-0.05, 0) is 23.6 Å². The van der Waals surface area contributed by atoms with Crippen LogP contribution in [0.3, 0.4) is 0 Å². The van der Waals surface area contributed by atoms with Gasteiger partial charge in [-0.1, -0.05) is 48.9 Å². The summed E-state index contributed by atoms with van der Waals surface area (Å²) < 4.78 is 1.84. The number of anilines is 1. The Bertz CT molecular complexity index is 734. The lowest BCUT2D eigenvalue weighted by Gasteiger charge is -2.10. The van der Waals surface area contributed by atoms with Crippen LogP contribution in [-0.4, -0.2) is 9.38 Å². The van der Waals surface area contributed by atoms with E-state index in [0.29, 0.717) is 16.8 Å². The summed E-state index contributed by atoms with van der Waals surface area (Å²) in [5, 5.41) is 0.623. The molecule has 0 bridgehead atoms. The van der Waals surface area contributed by atoms with Crippen LogP contribution in [0.5, 0.6) is 0 Å². The maximum atomic E-state index is 6.18. The number of pyridine rings is 1. The molecule has 0 aliphatic rings. The van der Waals surface area contributed by atoms with Gasteiger partial charge in [0.2, 0.25) is 0 Å². The van der Waals surface area contributed by atoms with Crippen LogP contribution in [0, 0.1) is 0 Å². The summed E-state index contributed by atoms with van der Waals surface area (Å²) in [6.45, 7) is 2.18. The predicted octanol–water partition coefficient (Wildman–Crippen LogP) is 3.92. The molecule has 20 heavy (non-hydrogen) atoms. The smallest absolute Gasteiger partial charge is 0.157 e. The minimum absolute atomic E-state index is 0.363. The maximum Gasteiger partial charge on any atom is 0.157 e. The minimum atomic E-state index is 0.363. The molecule has 0 fully saturated rings. The van der Waals surface area contributed by atoms with Crippen molar-refractivity contribution in [2.45, 2.75) is 19.3 Å². The van der Waals surface area contributed by atoms with Crippen LogP contribution >= 0.6 is 11.6 Å². The molecule has 1 atom stereocenters. The molecule has 102 valence electrons. The van der Waals surface area contributed by atoms with Crippen molar-refractivity contribution in [1.29, 1.82) is 0 Å². The van der Waals surface area contributed by atoms with Crippen molar-refractivity contribution in [3.8, 4) is 0 Å². The quantitative estimate of drug-likeness (QED) is 0.793. The molecule has 4 heteroatoms. The second kappa shape index (κ2) is 5.17. The van der Waals surface area contributed by atoms with E-state index in [9.17, 15) is 0 Å². The normalized spacial score (nSPS) is 12.7. The molecule has 1 aromatic carbocycles. The lowest BCUT2D eigenvalue weighted by atomic mass is 9.96. The van der Waals surface area contributed by atoms with Gasteiger partial charge in [-0.2, -0.15) is 0 Å². The van der Waals surface area contributed by atoms with E-state index >= 15 is 0 Å². The third-order valence-corrected chi connectivity index (χ3v) is 3.88. The standard InChI is InChI=1S/C16H16ClN3/c1-11(12-6-3-2-4-7-12)10-14-15(18)20-9-5-8-13(17)16(20)19-14/h2-9,11H,10,18H2,1H3. The third-order valence-electron chi connectivity index (χ3n) is 3.58. The number of nitrogen functional groups attached to an aromatic ring is 1. The number of nitrogens with zero attached hydrogens (tertiary/aromatic N) is 2. The minimum Gasteiger partial charge on any atom is -0.383 e. The number of nitrogens with two attached hydrogens (primary N) is 1. The molecule has 3 rings (SSSR count). The van der Waals surface area contributed by atoms with Gasteiger partial charge in [-0.15, -0.1) is 0 Å². The molecule has 0 aliphatic heterocycles. The van der Waals surface area contributed by atoms with E-state index in [1.54, 1.807) is 0 Å². The van der Waals surface area contributed by atoms with E-state index in [2.05, 4.69) is 36.2 Å². The van der Waals surface area contributed by atoms with Gasteiger partial charge in [-0.3, -0.25) is 4.40 Å². The van der Waals surface area contributed by atoms with Crippen LogP contribution in [0.15, 0.2) is 48.7 Å². The molecule has 2 N–H and O–H groups in total. The number of hydrogen-bond donors (Lipinski definition) is 1. The van der Waals surface area contributed by atoms with Gasteiger partial charge < -0.3 is 5.73 Å². The number of rotatable bonds is 3. The summed E-state index contributed by atoms with van der Waals surface area (Å²) in [7, 11) is 0. The number of benzene rings is 1. The first-order chi connectivity index (χ1) is 9.66. The summed E-state index contributed by atoms with van der Waals surface area (Å²) >= 11 is 6.16. The molecule has 0 radical (unpaired) electrons. The Hall–Kier alpha value is -2.00. The Morgan fingerprint density at radius 3 is 2.65 bits per heavy atom. The Morgan fingerprint density at radius 2 is 1.95 bits per heavy atom. The van der Waals surface area contributed by atoms with E-state index in [4.69, 9.17) is 17.3 Å². The number of aromatic nitrogens is 2. The molecule has 0 amide bonds. The summed E-state index contributed by atoms with van der Waals surface area (Å²) in [4.78, 5) is 4.58. The molecule has 0 saturated carbocycles. The van der Waals surface area contributed by atoms with Gasteiger partial charge in [0.05, 0.1) is 10.7 Å². The van der Waals surface area contributed by atoms with Gasteiger partial charge >= 0.3 is 0 Å². The third kappa shape index (κ3) is 2.25. The Labute approximate surface area is 123 Å². The zero-order valence-corrected chi connectivity index (χ0v) is 12.0. The van der Waals surface area contributed by atoms with Gasteiger partial charge in [0.1, 0.15) is 5.82 Å². The lowest BCUT2D eigenvalue weighted by Crippen LogP contribution is -2.02. The molecule has 2 aromatic heterocycles. The van der Waals surface area contributed by atoms with Crippen molar-refractivity contribution in [3.63, 3.8) is 0 Å². The first-order valence-electron chi connectivity index (χ1n) is 6.62. The van der Waals surface area contributed by atoms with Crippen molar-refractivity contribution < 1.29 is 0 Å². The SMILES string of the molecule is CC(Cc1nc2c(Cl)cccn2c1N)c1ccccc1. The largest absolute Gasteiger partial charge is 0.383 e. The average Bonchev–Trinajstić information content (AvgIpc) is 2.79. The number of fused-ring (bicyclic) bond motifs is 1. The van der Waals surface area contributed by atoms with Crippen molar-refractivity contribution >= 4 is 23.1 Å². The van der Waals surface area contributed by atoms with Gasteiger partial charge in [0, 0.05) is 12.6 Å².